The van der Waals surface area contributed by atoms with E-state index in [4.69, 9.17) is 4.74 Å². The van der Waals surface area contributed by atoms with Gasteiger partial charge in [-0.15, -0.1) is 0 Å². The maximum atomic E-state index is 12.2. The highest BCUT2D eigenvalue weighted by molar-refractivity contribution is 6.26. The highest BCUT2D eigenvalue weighted by Gasteiger charge is 2.33. The maximum absolute atomic E-state index is 12.2. The van der Waals surface area contributed by atoms with E-state index >= 15 is 0 Å². The van der Waals surface area contributed by atoms with E-state index in [0.717, 1.165) is 6.07 Å². The maximum Gasteiger partial charge on any atom is 0.248 e. The molecule has 0 aromatic carbocycles. The number of pyridine rings is 1. The van der Waals surface area contributed by atoms with E-state index in [-0.39, 0.29) is 39.6 Å². The quantitative estimate of drug-likeness (QED) is 0.856. The molecule has 5 heteroatoms. The first-order chi connectivity index (χ1) is 8.47. The minimum Gasteiger partial charge on any atom is -0.489 e. The number of aryl methyl sites for hydroxylation is 1. The van der Waals surface area contributed by atoms with Gasteiger partial charge in [-0.3, -0.25) is 14.4 Å². The fraction of sp³-hybridized carbons (Fsp3) is 0.308. The van der Waals surface area contributed by atoms with Gasteiger partial charge in [0.05, 0.1) is 12.2 Å². The number of Topliss-reactive ketones (excluding diaryl/α,β-unsaturated/α-hetero) is 2. The molecule has 0 radical (unpaired) electrons. The van der Waals surface area contributed by atoms with Crippen LogP contribution < -0.4 is 5.56 Å². The molecule has 1 aromatic rings. The lowest BCUT2D eigenvalue weighted by atomic mass is 9.88. The smallest absolute Gasteiger partial charge is 0.248 e. The average Bonchev–Trinajstić information content (AvgIpc) is 2.31. The molecule has 18 heavy (non-hydrogen) atoms. The van der Waals surface area contributed by atoms with Crippen LogP contribution in [0.2, 0.25) is 0 Å². The lowest BCUT2D eigenvalue weighted by Crippen LogP contribution is -2.27. The fourth-order valence-corrected chi connectivity index (χ4v) is 2.07. The minimum atomic E-state index is -0.389. The highest BCUT2D eigenvalue weighted by atomic mass is 16.5. The molecule has 0 amide bonds. The number of hydrogen-bond donors (Lipinski definition) is 1. The predicted molar refractivity (Wildman–Crippen MR) is 64.8 cm³/mol. The number of nitrogens with one attached hydrogen (secondary N) is 1. The summed E-state index contributed by atoms with van der Waals surface area (Å²) in [6, 6.07) is 1.16. The Hall–Kier alpha value is -2.17. The largest absolute Gasteiger partial charge is 0.489 e. The number of ketones is 2. The molecule has 94 valence electrons. The standard InChI is InChI=1S/C13H13NO4/c1-4-18-13-6(2)11(16)8-5-9(15)14-7(3)10(8)12(13)17/h5H,4H2,1-3H3,(H,14,15). The number of ether oxygens (including phenoxy) is 1. The lowest BCUT2D eigenvalue weighted by Gasteiger charge is -2.19. The normalized spacial score (nSPS) is 14.8. The minimum absolute atomic E-state index is 0.0742. The molecule has 0 unspecified atom stereocenters. The van der Waals surface area contributed by atoms with Crippen molar-refractivity contribution in [3.63, 3.8) is 0 Å². The molecule has 1 heterocycles. The number of rotatable bonds is 2. The Balaban J connectivity index is 2.72. The number of allylic oxidation sites excluding steroid dienone is 2. The van der Waals surface area contributed by atoms with Crippen LogP contribution in [0.3, 0.4) is 0 Å². The van der Waals surface area contributed by atoms with Crippen LogP contribution in [-0.4, -0.2) is 23.2 Å². The summed E-state index contributed by atoms with van der Waals surface area (Å²) in [5.41, 5.74) is 0.635. The summed E-state index contributed by atoms with van der Waals surface area (Å²) in [6.45, 7) is 5.18. The van der Waals surface area contributed by atoms with Crippen molar-refractivity contribution < 1.29 is 14.3 Å². The third-order valence-corrected chi connectivity index (χ3v) is 2.88. The van der Waals surface area contributed by atoms with E-state index in [1.165, 1.54) is 6.92 Å². The summed E-state index contributed by atoms with van der Waals surface area (Å²) in [4.78, 5) is 38.2. The Labute approximate surface area is 103 Å². The van der Waals surface area contributed by atoms with Crippen molar-refractivity contribution in [2.75, 3.05) is 6.61 Å². The number of fused-ring (bicyclic) bond motifs is 1. The van der Waals surface area contributed by atoms with Crippen LogP contribution in [0.15, 0.2) is 22.2 Å². The van der Waals surface area contributed by atoms with Crippen molar-refractivity contribution in [1.29, 1.82) is 0 Å². The van der Waals surface area contributed by atoms with Crippen LogP contribution in [0, 0.1) is 6.92 Å². The second kappa shape index (κ2) is 4.25. The highest BCUT2D eigenvalue weighted by Crippen LogP contribution is 2.27. The van der Waals surface area contributed by atoms with Crippen LogP contribution >= 0.6 is 0 Å². The van der Waals surface area contributed by atoms with Crippen molar-refractivity contribution >= 4 is 11.6 Å². The topological polar surface area (TPSA) is 76.2 Å². The average molecular weight is 247 g/mol. The molecule has 1 aliphatic carbocycles. The third-order valence-electron chi connectivity index (χ3n) is 2.88. The van der Waals surface area contributed by atoms with Crippen LogP contribution in [0.4, 0.5) is 0 Å². The Morgan fingerprint density at radius 2 is 1.83 bits per heavy atom. The fourth-order valence-electron chi connectivity index (χ4n) is 2.07. The monoisotopic (exact) mass is 247 g/mol. The summed E-state index contributed by atoms with van der Waals surface area (Å²) in [5, 5.41) is 0. The molecule has 5 nitrogen and oxygen atoms in total. The van der Waals surface area contributed by atoms with Gasteiger partial charge in [0.25, 0.3) is 0 Å². The van der Waals surface area contributed by atoms with Gasteiger partial charge in [-0.1, -0.05) is 0 Å². The van der Waals surface area contributed by atoms with Gasteiger partial charge < -0.3 is 9.72 Å². The SMILES string of the molecule is CCOC1=C(C)C(=O)c2cc(=O)[nH]c(C)c2C1=O. The molecule has 1 aromatic heterocycles. The van der Waals surface area contributed by atoms with E-state index in [9.17, 15) is 14.4 Å². The van der Waals surface area contributed by atoms with Gasteiger partial charge in [-0.25, -0.2) is 0 Å². The molecule has 1 aliphatic rings. The zero-order valence-electron chi connectivity index (χ0n) is 10.4. The van der Waals surface area contributed by atoms with Gasteiger partial charge in [0.2, 0.25) is 11.3 Å². The molecular weight excluding hydrogens is 234 g/mol. The van der Waals surface area contributed by atoms with Crippen LogP contribution in [-0.2, 0) is 4.74 Å². The van der Waals surface area contributed by atoms with Gasteiger partial charge in [0, 0.05) is 22.9 Å². The first-order valence-corrected chi connectivity index (χ1v) is 5.64. The Kier molecular flexibility index (Phi) is 2.90. The lowest BCUT2D eigenvalue weighted by molar-refractivity contribution is 0.0879. The van der Waals surface area contributed by atoms with Gasteiger partial charge in [-0.05, 0) is 20.8 Å². The van der Waals surface area contributed by atoms with Crippen LogP contribution in [0.5, 0.6) is 0 Å². The van der Waals surface area contributed by atoms with Crippen molar-refractivity contribution in [3.8, 4) is 0 Å². The predicted octanol–water partition coefficient (Wildman–Crippen LogP) is 1.37. The molecule has 2 rings (SSSR count). The molecule has 0 aliphatic heterocycles. The number of aromatic amines is 1. The Morgan fingerprint density at radius 1 is 1.17 bits per heavy atom. The first kappa shape index (κ1) is 12.3. The zero-order chi connectivity index (χ0) is 13.4. The van der Waals surface area contributed by atoms with Crippen LogP contribution in [0.1, 0.15) is 40.3 Å². The van der Waals surface area contributed by atoms with Gasteiger partial charge in [-0.2, -0.15) is 0 Å². The molecule has 0 saturated carbocycles. The Morgan fingerprint density at radius 3 is 2.44 bits per heavy atom. The second-order valence-electron chi connectivity index (χ2n) is 4.09. The number of hydrogen-bond acceptors (Lipinski definition) is 4. The molecule has 0 fully saturated rings. The third kappa shape index (κ3) is 1.68. The van der Waals surface area contributed by atoms with E-state index in [1.807, 2.05) is 0 Å². The van der Waals surface area contributed by atoms with E-state index in [0.29, 0.717) is 12.3 Å². The molecule has 0 spiro atoms. The molecule has 1 N–H and O–H groups in total. The van der Waals surface area contributed by atoms with Gasteiger partial charge in [0.15, 0.2) is 11.5 Å². The number of carbonyl (C=O) groups excluding carboxylic acids is 2. The molecular formula is C13H13NO4. The summed E-state index contributed by atoms with van der Waals surface area (Å²) < 4.78 is 5.24. The second-order valence-corrected chi connectivity index (χ2v) is 4.09. The van der Waals surface area contributed by atoms with E-state index in [1.54, 1.807) is 13.8 Å². The van der Waals surface area contributed by atoms with Gasteiger partial charge in [0.1, 0.15) is 0 Å². The molecule has 0 bridgehead atoms. The van der Waals surface area contributed by atoms with Crippen molar-refractivity contribution in [1.82, 2.24) is 4.98 Å². The molecule has 0 atom stereocenters. The van der Waals surface area contributed by atoms with Crippen molar-refractivity contribution in [3.05, 3.63) is 44.6 Å². The van der Waals surface area contributed by atoms with Gasteiger partial charge >= 0.3 is 0 Å². The van der Waals surface area contributed by atoms with Crippen LogP contribution in [0.25, 0.3) is 0 Å². The van der Waals surface area contributed by atoms with E-state index < -0.39 is 0 Å². The zero-order valence-corrected chi connectivity index (χ0v) is 10.4. The summed E-state index contributed by atoms with van der Waals surface area (Å²) in [7, 11) is 0. The summed E-state index contributed by atoms with van der Waals surface area (Å²) in [6.07, 6.45) is 0. The summed E-state index contributed by atoms with van der Waals surface area (Å²) in [5.74, 6) is -0.606. The first-order valence-electron chi connectivity index (χ1n) is 5.64. The van der Waals surface area contributed by atoms with Crippen molar-refractivity contribution in [2.24, 2.45) is 0 Å². The molecule has 0 saturated heterocycles. The number of aromatic nitrogens is 1. The number of H-pyrrole nitrogens is 1. The Bertz CT molecular complexity index is 637. The summed E-state index contributed by atoms with van der Waals surface area (Å²) >= 11 is 0. The van der Waals surface area contributed by atoms with E-state index in [2.05, 4.69) is 4.98 Å². The van der Waals surface area contributed by atoms with Crippen molar-refractivity contribution in [2.45, 2.75) is 20.8 Å². The number of carbonyl (C=O) groups is 2.